The topological polar surface area (TPSA) is 66.0 Å². The summed E-state index contributed by atoms with van der Waals surface area (Å²) in [7, 11) is 0. The highest BCUT2D eigenvalue weighted by Gasteiger charge is 2.29. The Labute approximate surface area is 141 Å². The molecule has 23 heavy (non-hydrogen) atoms. The van der Waals surface area contributed by atoms with E-state index in [1.165, 1.54) is 24.0 Å². The van der Waals surface area contributed by atoms with E-state index in [1.807, 2.05) is 6.07 Å². The second kappa shape index (κ2) is 6.83. The van der Waals surface area contributed by atoms with Gasteiger partial charge < -0.3 is 10.6 Å². The van der Waals surface area contributed by atoms with Gasteiger partial charge in [0.1, 0.15) is 5.75 Å². The minimum atomic E-state index is 0.514. The summed E-state index contributed by atoms with van der Waals surface area (Å²) < 4.78 is 7.46. The fourth-order valence-corrected chi connectivity index (χ4v) is 3.37. The average molecular weight is 332 g/mol. The van der Waals surface area contributed by atoms with Crippen molar-refractivity contribution in [1.82, 2.24) is 14.9 Å². The maximum absolute atomic E-state index is 6.03. The highest BCUT2D eigenvalue weighted by atomic mass is 32.2. The normalized spacial score (nSPS) is 14.4. The molecule has 6 heteroatoms. The average Bonchev–Trinajstić information content (AvgIpc) is 3.28. The first-order valence-electron chi connectivity index (χ1n) is 8.12. The molecule has 1 heterocycles. The van der Waals surface area contributed by atoms with Crippen LogP contribution < -0.4 is 10.6 Å². The largest absolute Gasteiger partial charge is 0.493 e. The molecular weight excluding hydrogens is 308 g/mol. The molecule has 1 saturated carbocycles. The summed E-state index contributed by atoms with van der Waals surface area (Å²) >= 11 is 1.58. The molecule has 0 atom stereocenters. The number of thioether (sulfide) groups is 1. The number of nitrogens with two attached hydrogens (primary N) is 1. The highest BCUT2D eigenvalue weighted by molar-refractivity contribution is 7.99. The molecule has 5 nitrogen and oxygen atoms in total. The van der Waals surface area contributed by atoms with Crippen LogP contribution in [0, 0.1) is 6.92 Å². The van der Waals surface area contributed by atoms with Crippen LogP contribution in [0.3, 0.4) is 0 Å². The maximum atomic E-state index is 6.03. The lowest BCUT2D eigenvalue weighted by atomic mass is 9.98. The molecule has 3 rings (SSSR count). The monoisotopic (exact) mass is 332 g/mol. The van der Waals surface area contributed by atoms with Crippen molar-refractivity contribution < 1.29 is 4.74 Å². The van der Waals surface area contributed by atoms with Gasteiger partial charge in [-0.25, -0.2) is 4.68 Å². The number of hydrogen-bond donors (Lipinski definition) is 1. The predicted molar refractivity (Wildman–Crippen MR) is 93.6 cm³/mol. The molecule has 0 amide bonds. The van der Waals surface area contributed by atoms with Crippen LogP contribution in [0.5, 0.6) is 5.75 Å². The lowest BCUT2D eigenvalue weighted by Gasteiger charge is -2.12. The Morgan fingerprint density at radius 2 is 2.13 bits per heavy atom. The van der Waals surface area contributed by atoms with Crippen LogP contribution in [0.2, 0.25) is 0 Å². The van der Waals surface area contributed by atoms with Gasteiger partial charge in [-0.05, 0) is 48.9 Å². The fraction of sp³-hybridized carbons (Fsp3) is 0.529. The number of aryl methyl sites for hydroxylation is 1. The van der Waals surface area contributed by atoms with Crippen molar-refractivity contribution in [2.75, 3.05) is 18.2 Å². The molecular formula is C17H24N4OS. The van der Waals surface area contributed by atoms with E-state index >= 15 is 0 Å². The molecule has 1 fully saturated rings. The molecule has 0 aliphatic heterocycles. The Hall–Kier alpha value is -1.69. The number of nitrogen functional groups attached to an aromatic ring is 1. The molecule has 0 radical (unpaired) electrons. The predicted octanol–water partition coefficient (Wildman–Crippen LogP) is 3.47. The zero-order valence-corrected chi connectivity index (χ0v) is 14.8. The van der Waals surface area contributed by atoms with Gasteiger partial charge in [0.25, 0.3) is 0 Å². The zero-order chi connectivity index (χ0) is 16.4. The lowest BCUT2D eigenvalue weighted by molar-refractivity contribution is 0.343. The molecule has 0 unspecified atom stereocenters. The van der Waals surface area contributed by atoms with Crippen LogP contribution in [-0.2, 0) is 0 Å². The van der Waals surface area contributed by atoms with Gasteiger partial charge in [0.15, 0.2) is 5.82 Å². The summed E-state index contributed by atoms with van der Waals surface area (Å²) in [6, 6.07) is 6.31. The number of hydrogen-bond acceptors (Lipinski definition) is 5. The first-order valence-corrected chi connectivity index (χ1v) is 9.11. The molecule has 1 aliphatic carbocycles. The molecule has 1 aromatic carbocycles. The first-order chi connectivity index (χ1) is 11.1. The van der Waals surface area contributed by atoms with Crippen LogP contribution in [-0.4, -0.2) is 27.2 Å². The van der Waals surface area contributed by atoms with Gasteiger partial charge in [-0.2, -0.15) is 0 Å². The van der Waals surface area contributed by atoms with Crippen molar-refractivity contribution in [3.05, 3.63) is 35.2 Å². The second-order valence-electron chi connectivity index (χ2n) is 6.36. The molecule has 0 saturated heterocycles. The highest BCUT2D eigenvalue weighted by Crippen LogP contribution is 2.39. The van der Waals surface area contributed by atoms with E-state index in [2.05, 4.69) is 43.1 Å². The summed E-state index contributed by atoms with van der Waals surface area (Å²) in [6.07, 6.45) is 2.35. The van der Waals surface area contributed by atoms with Gasteiger partial charge in [0.05, 0.1) is 6.61 Å². The summed E-state index contributed by atoms with van der Waals surface area (Å²) in [6.45, 7) is 7.17. The summed E-state index contributed by atoms with van der Waals surface area (Å²) in [5, 5.41) is 9.11. The van der Waals surface area contributed by atoms with Crippen LogP contribution in [0.25, 0.3) is 0 Å². The van der Waals surface area contributed by atoms with Gasteiger partial charge in [0, 0.05) is 11.7 Å². The van der Waals surface area contributed by atoms with E-state index in [0.717, 1.165) is 22.5 Å². The lowest BCUT2D eigenvalue weighted by Crippen LogP contribution is -2.14. The summed E-state index contributed by atoms with van der Waals surface area (Å²) in [4.78, 5) is 0. The Morgan fingerprint density at radius 1 is 1.35 bits per heavy atom. The van der Waals surface area contributed by atoms with E-state index in [-0.39, 0.29) is 0 Å². The molecule has 1 aliphatic rings. The van der Waals surface area contributed by atoms with Crippen molar-refractivity contribution >= 4 is 11.8 Å². The van der Waals surface area contributed by atoms with Crippen molar-refractivity contribution in [1.29, 1.82) is 0 Å². The number of ether oxygens (including phenoxy) is 1. The Bertz CT molecular complexity index is 679. The first kappa shape index (κ1) is 16.2. The third-order valence-electron chi connectivity index (χ3n) is 4.08. The van der Waals surface area contributed by atoms with E-state index in [4.69, 9.17) is 10.6 Å². The molecule has 0 bridgehead atoms. The van der Waals surface area contributed by atoms with E-state index < -0.39 is 0 Å². The van der Waals surface area contributed by atoms with E-state index in [1.54, 1.807) is 16.4 Å². The van der Waals surface area contributed by atoms with Crippen LogP contribution in [0.4, 0.5) is 0 Å². The number of aromatic nitrogens is 3. The van der Waals surface area contributed by atoms with Crippen molar-refractivity contribution in [3.8, 4) is 5.75 Å². The minimum absolute atomic E-state index is 0.514. The maximum Gasteiger partial charge on any atom is 0.209 e. The standard InChI is InChI=1S/C17H24N4OS/c1-11(2)15-7-6-14(10-12(15)3)22-8-9-23-17-20-19-16(21(17)18)13-4-5-13/h6-7,10-11,13H,4-5,8-9,18H2,1-3H3. The summed E-state index contributed by atoms with van der Waals surface area (Å²) in [5.41, 5.74) is 2.65. The van der Waals surface area contributed by atoms with Gasteiger partial charge in [-0.15, -0.1) is 10.2 Å². The van der Waals surface area contributed by atoms with E-state index in [0.29, 0.717) is 18.4 Å². The Morgan fingerprint density at radius 3 is 2.78 bits per heavy atom. The van der Waals surface area contributed by atoms with Crippen LogP contribution in [0.15, 0.2) is 23.4 Å². The molecule has 0 spiro atoms. The minimum Gasteiger partial charge on any atom is -0.493 e. The van der Waals surface area contributed by atoms with Crippen molar-refractivity contribution in [2.45, 2.75) is 50.6 Å². The quantitative estimate of drug-likeness (QED) is 0.478. The fourth-order valence-electron chi connectivity index (χ4n) is 2.68. The van der Waals surface area contributed by atoms with Crippen LogP contribution in [0.1, 0.15) is 55.5 Å². The molecule has 2 aromatic rings. The van der Waals surface area contributed by atoms with Gasteiger partial charge in [-0.1, -0.05) is 31.7 Å². The Kier molecular flexibility index (Phi) is 4.80. The van der Waals surface area contributed by atoms with Gasteiger partial charge >= 0.3 is 0 Å². The number of benzene rings is 1. The zero-order valence-electron chi connectivity index (χ0n) is 14.0. The number of nitrogens with zero attached hydrogens (tertiary/aromatic N) is 3. The molecule has 1 aromatic heterocycles. The van der Waals surface area contributed by atoms with E-state index in [9.17, 15) is 0 Å². The molecule has 124 valence electrons. The third-order valence-corrected chi connectivity index (χ3v) is 4.99. The van der Waals surface area contributed by atoms with Crippen molar-refractivity contribution in [2.24, 2.45) is 0 Å². The molecule has 2 N–H and O–H groups in total. The summed E-state index contributed by atoms with van der Waals surface area (Å²) in [5.74, 6) is 9.71. The second-order valence-corrected chi connectivity index (χ2v) is 7.42. The van der Waals surface area contributed by atoms with Crippen LogP contribution >= 0.6 is 11.8 Å². The van der Waals surface area contributed by atoms with Crippen molar-refractivity contribution in [3.63, 3.8) is 0 Å². The van der Waals surface area contributed by atoms with Gasteiger partial charge in [0.2, 0.25) is 5.16 Å². The smallest absolute Gasteiger partial charge is 0.209 e. The number of rotatable bonds is 7. The Balaban J connectivity index is 1.49. The SMILES string of the molecule is Cc1cc(OCCSc2nnc(C3CC3)n2N)ccc1C(C)C. The van der Waals surface area contributed by atoms with Gasteiger partial charge in [-0.3, -0.25) is 0 Å². The third kappa shape index (κ3) is 3.80.